The Kier molecular flexibility index (Phi) is 5.12. The number of nitrogens with zero attached hydrogens (tertiary/aromatic N) is 4. The van der Waals surface area contributed by atoms with Crippen LogP contribution in [0.25, 0.3) is 0 Å². The Balaban J connectivity index is 2.91. The van der Waals surface area contributed by atoms with Crippen molar-refractivity contribution in [2.75, 3.05) is 36.7 Å². The molecule has 0 fully saturated rings. The number of nitrogens with one attached hydrogen (secondary N) is 2. The average Bonchev–Trinajstić information content (AvgIpc) is 2.36. The van der Waals surface area contributed by atoms with E-state index < -0.39 is 0 Å². The molecule has 0 saturated carbocycles. The average molecular weight is 252 g/mol. The van der Waals surface area contributed by atoms with Gasteiger partial charge in [0.2, 0.25) is 17.8 Å². The summed E-state index contributed by atoms with van der Waals surface area (Å²) in [7, 11) is 5.63. The summed E-state index contributed by atoms with van der Waals surface area (Å²) in [6, 6.07) is 0.331. The van der Waals surface area contributed by atoms with E-state index in [1.807, 2.05) is 19.0 Å². The van der Waals surface area contributed by atoms with Crippen LogP contribution >= 0.6 is 0 Å². The standard InChI is InChI=1S/C12H24N6/c1-7-8(2)9(3)14-11-15-10(13-4)16-12(17-11)18(5)6/h8-9H,7H2,1-6H3,(H2,13,14,15,16,17). The van der Waals surface area contributed by atoms with Gasteiger partial charge in [-0.2, -0.15) is 15.0 Å². The molecule has 0 spiro atoms. The first-order chi connectivity index (χ1) is 8.47. The quantitative estimate of drug-likeness (QED) is 0.805. The Morgan fingerprint density at radius 1 is 1.11 bits per heavy atom. The summed E-state index contributed by atoms with van der Waals surface area (Å²) in [4.78, 5) is 14.8. The molecular weight excluding hydrogens is 228 g/mol. The molecule has 0 aliphatic carbocycles. The Hall–Kier alpha value is -1.59. The van der Waals surface area contributed by atoms with Gasteiger partial charge in [0, 0.05) is 27.2 Å². The van der Waals surface area contributed by atoms with E-state index in [1.165, 1.54) is 0 Å². The topological polar surface area (TPSA) is 66.0 Å². The maximum absolute atomic E-state index is 4.39. The van der Waals surface area contributed by atoms with E-state index in [2.05, 4.69) is 46.4 Å². The van der Waals surface area contributed by atoms with Crippen LogP contribution in [-0.4, -0.2) is 42.1 Å². The zero-order valence-corrected chi connectivity index (χ0v) is 12.2. The predicted molar refractivity (Wildman–Crippen MR) is 76.2 cm³/mol. The van der Waals surface area contributed by atoms with E-state index in [0.717, 1.165) is 6.42 Å². The molecular formula is C12H24N6. The largest absolute Gasteiger partial charge is 0.357 e. The van der Waals surface area contributed by atoms with Crippen LogP contribution in [-0.2, 0) is 0 Å². The maximum atomic E-state index is 4.39. The molecule has 1 heterocycles. The van der Waals surface area contributed by atoms with Gasteiger partial charge in [0.05, 0.1) is 0 Å². The number of hydrogen-bond donors (Lipinski definition) is 2. The highest BCUT2D eigenvalue weighted by Gasteiger charge is 2.13. The van der Waals surface area contributed by atoms with Crippen molar-refractivity contribution in [2.45, 2.75) is 33.2 Å². The minimum absolute atomic E-state index is 0.331. The molecule has 2 unspecified atom stereocenters. The SMILES string of the molecule is CCC(C)C(C)Nc1nc(NC)nc(N(C)C)n1. The van der Waals surface area contributed by atoms with Gasteiger partial charge >= 0.3 is 0 Å². The van der Waals surface area contributed by atoms with Crippen LogP contribution in [0.3, 0.4) is 0 Å². The number of anilines is 3. The Bertz CT molecular complexity index is 379. The molecule has 18 heavy (non-hydrogen) atoms. The molecule has 0 radical (unpaired) electrons. The van der Waals surface area contributed by atoms with Gasteiger partial charge in [0.25, 0.3) is 0 Å². The van der Waals surface area contributed by atoms with E-state index in [9.17, 15) is 0 Å². The number of aromatic nitrogens is 3. The molecule has 0 amide bonds. The van der Waals surface area contributed by atoms with Crippen molar-refractivity contribution in [3.8, 4) is 0 Å². The molecule has 0 bridgehead atoms. The molecule has 0 aromatic carbocycles. The number of rotatable bonds is 6. The minimum atomic E-state index is 0.331. The minimum Gasteiger partial charge on any atom is -0.357 e. The summed E-state index contributed by atoms with van der Waals surface area (Å²) >= 11 is 0. The molecule has 6 nitrogen and oxygen atoms in total. The van der Waals surface area contributed by atoms with Crippen LogP contribution < -0.4 is 15.5 Å². The van der Waals surface area contributed by atoms with E-state index >= 15 is 0 Å². The first-order valence-corrected chi connectivity index (χ1v) is 6.35. The van der Waals surface area contributed by atoms with Crippen LogP contribution in [0.4, 0.5) is 17.8 Å². The summed E-state index contributed by atoms with van der Waals surface area (Å²) in [5, 5.41) is 6.28. The molecule has 1 aromatic rings. The number of hydrogen-bond acceptors (Lipinski definition) is 6. The van der Waals surface area contributed by atoms with Crippen molar-refractivity contribution in [2.24, 2.45) is 5.92 Å². The molecule has 102 valence electrons. The van der Waals surface area contributed by atoms with Crippen molar-refractivity contribution in [1.82, 2.24) is 15.0 Å². The van der Waals surface area contributed by atoms with Gasteiger partial charge in [-0.05, 0) is 12.8 Å². The van der Waals surface area contributed by atoms with Gasteiger partial charge in [-0.25, -0.2) is 0 Å². The van der Waals surface area contributed by atoms with Crippen LogP contribution in [0.2, 0.25) is 0 Å². The van der Waals surface area contributed by atoms with Crippen molar-refractivity contribution in [3.05, 3.63) is 0 Å². The monoisotopic (exact) mass is 252 g/mol. The van der Waals surface area contributed by atoms with Crippen molar-refractivity contribution < 1.29 is 0 Å². The van der Waals surface area contributed by atoms with Crippen LogP contribution in [0.1, 0.15) is 27.2 Å². The Labute approximate surface area is 109 Å². The third-order valence-electron chi connectivity index (χ3n) is 3.10. The predicted octanol–water partition coefficient (Wildman–Crippen LogP) is 1.83. The lowest BCUT2D eigenvalue weighted by Crippen LogP contribution is -2.25. The van der Waals surface area contributed by atoms with E-state index in [0.29, 0.717) is 29.8 Å². The highest BCUT2D eigenvalue weighted by Crippen LogP contribution is 2.15. The summed E-state index contributed by atoms with van der Waals surface area (Å²) < 4.78 is 0. The molecule has 0 aliphatic rings. The van der Waals surface area contributed by atoms with Crippen LogP contribution in [0.15, 0.2) is 0 Å². The van der Waals surface area contributed by atoms with Gasteiger partial charge in [0.1, 0.15) is 0 Å². The molecule has 1 rings (SSSR count). The van der Waals surface area contributed by atoms with E-state index in [1.54, 1.807) is 7.05 Å². The fraction of sp³-hybridized carbons (Fsp3) is 0.750. The van der Waals surface area contributed by atoms with Crippen molar-refractivity contribution >= 4 is 17.8 Å². The third kappa shape index (κ3) is 3.72. The van der Waals surface area contributed by atoms with Gasteiger partial charge in [-0.15, -0.1) is 0 Å². The Morgan fingerprint density at radius 2 is 1.72 bits per heavy atom. The highest BCUT2D eigenvalue weighted by molar-refractivity contribution is 5.43. The van der Waals surface area contributed by atoms with Crippen molar-refractivity contribution in [1.29, 1.82) is 0 Å². The zero-order chi connectivity index (χ0) is 13.7. The summed E-state index contributed by atoms with van der Waals surface area (Å²) in [6.45, 7) is 6.54. The fourth-order valence-electron chi connectivity index (χ4n) is 1.44. The molecule has 0 aliphatic heterocycles. The van der Waals surface area contributed by atoms with Gasteiger partial charge < -0.3 is 15.5 Å². The normalized spacial score (nSPS) is 13.9. The first-order valence-electron chi connectivity index (χ1n) is 6.35. The second-order valence-electron chi connectivity index (χ2n) is 4.75. The second kappa shape index (κ2) is 6.37. The highest BCUT2D eigenvalue weighted by atomic mass is 15.3. The van der Waals surface area contributed by atoms with Crippen LogP contribution in [0, 0.1) is 5.92 Å². The summed E-state index contributed by atoms with van der Waals surface area (Å²) in [5.41, 5.74) is 0. The summed E-state index contributed by atoms with van der Waals surface area (Å²) in [5.74, 6) is 2.41. The van der Waals surface area contributed by atoms with Gasteiger partial charge in [0.15, 0.2) is 0 Å². The third-order valence-corrected chi connectivity index (χ3v) is 3.10. The maximum Gasteiger partial charge on any atom is 0.231 e. The lowest BCUT2D eigenvalue weighted by atomic mass is 10.0. The molecule has 1 aromatic heterocycles. The smallest absolute Gasteiger partial charge is 0.231 e. The second-order valence-corrected chi connectivity index (χ2v) is 4.75. The van der Waals surface area contributed by atoms with E-state index in [-0.39, 0.29) is 0 Å². The van der Waals surface area contributed by atoms with E-state index in [4.69, 9.17) is 0 Å². The van der Waals surface area contributed by atoms with Crippen LogP contribution in [0.5, 0.6) is 0 Å². The first kappa shape index (κ1) is 14.5. The van der Waals surface area contributed by atoms with Gasteiger partial charge in [-0.3, -0.25) is 0 Å². The molecule has 0 saturated heterocycles. The Morgan fingerprint density at radius 3 is 2.22 bits per heavy atom. The molecule has 2 N–H and O–H groups in total. The lowest BCUT2D eigenvalue weighted by Gasteiger charge is -2.21. The van der Waals surface area contributed by atoms with Gasteiger partial charge in [-0.1, -0.05) is 20.3 Å². The van der Waals surface area contributed by atoms with Crippen molar-refractivity contribution in [3.63, 3.8) is 0 Å². The summed E-state index contributed by atoms with van der Waals surface area (Å²) in [6.07, 6.45) is 1.12. The fourth-order valence-corrected chi connectivity index (χ4v) is 1.44. The molecule has 6 heteroatoms. The zero-order valence-electron chi connectivity index (χ0n) is 12.2. The molecule has 2 atom stereocenters. The lowest BCUT2D eigenvalue weighted by molar-refractivity contribution is 0.492.